The van der Waals surface area contributed by atoms with Crippen LogP contribution < -0.4 is 19.3 Å². The van der Waals surface area contributed by atoms with Crippen LogP contribution in [0.25, 0.3) is 35.4 Å². The number of benzene rings is 8. The van der Waals surface area contributed by atoms with Crippen molar-refractivity contribution in [1.82, 2.24) is 0 Å². The first-order valence-corrected chi connectivity index (χ1v) is 21.4. The molecule has 0 aliphatic rings. The van der Waals surface area contributed by atoms with E-state index in [9.17, 15) is 0 Å². The first-order chi connectivity index (χ1) is 30.4. The van der Waals surface area contributed by atoms with Gasteiger partial charge in [0, 0.05) is 39.7 Å². The predicted molar refractivity (Wildman–Crippen MR) is 264 cm³/mol. The molecule has 8 rings (SSSR count). The quantitative estimate of drug-likeness (QED) is 0.0963. The van der Waals surface area contributed by atoms with Crippen LogP contribution in [0.2, 0.25) is 0 Å². The maximum Gasteiger partial charge on any atom is 0.126 e. The fourth-order valence-corrected chi connectivity index (χ4v) is 7.48. The van der Waals surface area contributed by atoms with Gasteiger partial charge in [-0.3, -0.25) is 0 Å². The Morgan fingerprint density at radius 3 is 1.10 bits per heavy atom. The molecule has 0 atom stereocenters. The summed E-state index contributed by atoms with van der Waals surface area (Å²) < 4.78 is 11.4. The summed E-state index contributed by atoms with van der Waals surface area (Å²) >= 11 is 0. The van der Waals surface area contributed by atoms with Crippen LogP contribution in [0.4, 0.5) is 34.1 Å². The minimum atomic E-state index is 0.636. The maximum absolute atomic E-state index is 5.83. The van der Waals surface area contributed by atoms with Gasteiger partial charge < -0.3 is 19.3 Å². The van der Waals surface area contributed by atoms with Crippen LogP contribution in [-0.4, -0.2) is 13.2 Å². The number of anilines is 6. The second-order valence-electron chi connectivity index (χ2n) is 15.3. The minimum Gasteiger partial charge on any atom is -0.494 e. The molecule has 0 unspecified atom stereocenters. The number of nitrogens with zero attached hydrogens (tertiary/aromatic N) is 2. The van der Waals surface area contributed by atoms with Gasteiger partial charge in [0.25, 0.3) is 0 Å². The largest absolute Gasteiger partial charge is 0.494 e. The average Bonchev–Trinajstić information content (AvgIpc) is 3.31. The molecule has 0 N–H and O–H groups in total. The molecular weight excluding hydrogens is 757 g/mol. The Kier molecular flexibility index (Phi) is 13.1. The van der Waals surface area contributed by atoms with E-state index in [-0.39, 0.29) is 0 Å². The molecule has 8 aromatic carbocycles. The van der Waals surface area contributed by atoms with Gasteiger partial charge in [-0.1, -0.05) is 139 Å². The second kappa shape index (κ2) is 19.7. The Bertz CT molecular complexity index is 2720. The van der Waals surface area contributed by atoms with E-state index in [2.05, 4.69) is 212 Å². The lowest BCUT2D eigenvalue weighted by Gasteiger charge is -2.26. The molecular formula is C58H52N2O2. The van der Waals surface area contributed by atoms with E-state index < -0.39 is 0 Å². The van der Waals surface area contributed by atoms with Crippen LogP contribution in [0.5, 0.6) is 11.5 Å². The first-order valence-electron chi connectivity index (χ1n) is 21.4. The lowest BCUT2D eigenvalue weighted by molar-refractivity contribution is 0.339. The lowest BCUT2D eigenvalue weighted by atomic mass is 10.0. The van der Waals surface area contributed by atoms with Gasteiger partial charge >= 0.3 is 0 Å². The highest BCUT2D eigenvalue weighted by Crippen LogP contribution is 2.38. The Morgan fingerprint density at radius 2 is 0.694 bits per heavy atom. The summed E-state index contributed by atoms with van der Waals surface area (Å²) in [5, 5.41) is 0. The highest BCUT2D eigenvalue weighted by Gasteiger charge is 2.15. The van der Waals surface area contributed by atoms with Gasteiger partial charge in [0.05, 0.1) is 13.2 Å². The molecule has 0 aliphatic heterocycles. The summed E-state index contributed by atoms with van der Waals surface area (Å²) in [6.07, 6.45) is 8.54. The van der Waals surface area contributed by atoms with Crippen LogP contribution >= 0.6 is 0 Å². The molecule has 0 spiro atoms. The SMILES string of the molecule is CCOc1ccc(/C=C/c2ccc(N(c3ccc(C)cc3)c3ccc(-c4ccc(N(c5ccc(C)cc5)c5ccc(/C=C/c6ccccc6OCC)cc5)cc4)cc3)cc2)cc1. The summed E-state index contributed by atoms with van der Waals surface area (Å²) in [6.45, 7) is 9.56. The molecule has 0 saturated carbocycles. The topological polar surface area (TPSA) is 24.9 Å². The molecule has 306 valence electrons. The maximum atomic E-state index is 5.83. The number of para-hydroxylation sites is 1. The number of aryl methyl sites for hydroxylation is 2. The highest BCUT2D eigenvalue weighted by molar-refractivity contribution is 5.82. The molecule has 4 heteroatoms. The third-order valence-electron chi connectivity index (χ3n) is 10.8. The van der Waals surface area contributed by atoms with E-state index in [0.717, 1.165) is 79.0 Å². The van der Waals surface area contributed by atoms with Gasteiger partial charge in [-0.2, -0.15) is 0 Å². The number of rotatable bonds is 15. The van der Waals surface area contributed by atoms with Gasteiger partial charge in [-0.05, 0) is 147 Å². The van der Waals surface area contributed by atoms with E-state index in [1.54, 1.807) is 0 Å². The average molecular weight is 809 g/mol. The van der Waals surface area contributed by atoms with Crippen LogP contribution in [-0.2, 0) is 0 Å². The normalized spacial score (nSPS) is 11.2. The van der Waals surface area contributed by atoms with Crippen molar-refractivity contribution in [3.63, 3.8) is 0 Å². The molecule has 0 fully saturated rings. The molecule has 0 saturated heterocycles. The van der Waals surface area contributed by atoms with Crippen molar-refractivity contribution in [2.75, 3.05) is 23.0 Å². The summed E-state index contributed by atoms with van der Waals surface area (Å²) in [5.41, 5.74) is 15.8. The van der Waals surface area contributed by atoms with E-state index in [1.165, 1.54) is 11.1 Å². The van der Waals surface area contributed by atoms with Crippen LogP contribution in [0.1, 0.15) is 47.2 Å². The molecule has 0 bridgehead atoms. The number of hydrogen-bond acceptors (Lipinski definition) is 4. The van der Waals surface area contributed by atoms with Crippen LogP contribution in [0.15, 0.2) is 194 Å². The summed E-state index contributed by atoms with van der Waals surface area (Å²) in [6, 6.07) is 68.9. The van der Waals surface area contributed by atoms with Crippen molar-refractivity contribution in [1.29, 1.82) is 0 Å². The van der Waals surface area contributed by atoms with Crippen molar-refractivity contribution in [3.05, 3.63) is 228 Å². The Balaban J connectivity index is 1.02. The summed E-state index contributed by atoms with van der Waals surface area (Å²) in [4.78, 5) is 4.62. The smallest absolute Gasteiger partial charge is 0.126 e. The van der Waals surface area contributed by atoms with Crippen molar-refractivity contribution in [3.8, 4) is 22.6 Å². The molecule has 4 nitrogen and oxygen atoms in total. The molecule has 0 radical (unpaired) electrons. The fourth-order valence-electron chi connectivity index (χ4n) is 7.48. The Labute approximate surface area is 367 Å². The van der Waals surface area contributed by atoms with Gasteiger partial charge in [-0.15, -0.1) is 0 Å². The number of ether oxygens (including phenoxy) is 2. The summed E-state index contributed by atoms with van der Waals surface area (Å²) in [5.74, 6) is 1.78. The van der Waals surface area contributed by atoms with Gasteiger partial charge in [0.2, 0.25) is 0 Å². The molecule has 0 amide bonds. The third kappa shape index (κ3) is 10.1. The van der Waals surface area contributed by atoms with E-state index >= 15 is 0 Å². The highest BCUT2D eigenvalue weighted by atomic mass is 16.5. The molecule has 0 aromatic heterocycles. The standard InChI is InChI=1S/C58H52N2O2/c1-5-61-57-41-22-46(23-42-57)16-15-45-18-33-53(34-19-45)59(51-29-11-43(3)12-30-51)55-37-25-48(26-38-55)49-27-39-56(40-28-49)60(52-31-13-44(4)14-32-52)54-35-20-47(21-36-54)17-24-50-9-7-8-10-58(50)62-6-2/h7-42H,5-6H2,1-4H3/b16-15+,24-17+. The lowest BCUT2D eigenvalue weighted by Crippen LogP contribution is -2.10. The zero-order chi connectivity index (χ0) is 42.7. The van der Waals surface area contributed by atoms with Crippen molar-refractivity contribution >= 4 is 58.4 Å². The van der Waals surface area contributed by atoms with Gasteiger partial charge in [0.1, 0.15) is 11.5 Å². The zero-order valence-corrected chi connectivity index (χ0v) is 35.9. The van der Waals surface area contributed by atoms with Crippen molar-refractivity contribution < 1.29 is 9.47 Å². The van der Waals surface area contributed by atoms with Gasteiger partial charge in [0.15, 0.2) is 0 Å². The van der Waals surface area contributed by atoms with E-state index in [4.69, 9.17) is 9.47 Å². The Morgan fingerprint density at radius 1 is 0.355 bits per heavy atom. The molecule has 8 aromatic rings. The summed E-state index contributed by atoms with van der Waals surface area (Å²) in [7, 11) is 0. The first kappa shape index (κ1) is 41.2. The van der Waals surface area contributed by atoms with E-state index in [1.807, 2.05) is 44.2 Å². The van der Waals surface area contributed by atoms with Crippen LogP contribution in [0.3, 0.4) is 0 Å². The van der Waals surface area contributed by atoms with E-state index in [0.29, 0.717) is 13.2 Å². The Hall–Kier alpha value is -7.56. The molecule has 0 heterocycles. The van der Waals surface area contributed by atoms with Gasteiger partial charge in [-0.25, -0.2) is 0 Å². The number of hydrogen-bond donors (Lipinski definition) is 0. The fraction of sp³-hybridized carbons (Fsp3) is 0.103. The second-order valence-corrected chi connectivity index (χ2v) is 15.3. The van der Waals surface area contributed by atoms with Crippen molar-refractivity contribution in [2.24, 2.45) is 0 Å². The predicted octanol–water partition coefficient (Wildman–Crippen LogP) is 16.0. The zero-order valence-electron chi connectivity index (χ0n) is 35.9. The molecule has 0 aliphatic carbocycles. The van der Waals surface area contributed by atoms with Crippen LogP contribution in [0, 0.1) is 13.8 Å². The monoisotopic (exact) mass is 808 g/mol. The third-order valence-corrected chi connectivity index (χ3v) is 10.8. The minimum absolute atomic E-state index is 0.636. The van der Waals surface area contributed by atoms with Crippen molar-refractivity contribution in [2.45, 2.75) is 27.7 Å². The molecule has 62 heavy (non-hydrogen) atoms.